The van der Waals surface area contributed by atoms with Crippen LogP contribution in [0.25, 0.3) is 11.0 Å². The van der Waals surface area contributed by atoms with E-state index in [1.807, 2.05) is 18.2 Å². The zero-order valence-electron chi connectivity index (χ0n) is 9.53. The molecule has 0 saturated heterocycles. The van der Waals surface area contributed by atoms with Crippen LogP contribution in [-0.4, -0.2) is 6.04 Å². The fourth-order valence-corrected chi connectivity index (χ4v) is 2.00. The molecule has 1 atom stereocenters. The van der Waals surface area contributed by atoms with Crippen molar-refractivity contribution in [3.8, 4) is 0 Å². The van der Waals surface area contributed by atoms with Crippen molar-refractivity contribution in [2.75, 3.05) is 0 Å². The normalized spacial score (nSPS) is 13.6. The van der Waals surface area contributed by atoms with Gasteiger partial charge in [-0.1, -0.05) is 31.5 Å². The number of hydrogen-bond acceptors (Lipinski definition) is 2. The van der Waals surface area contributed by atoms with Crippen LogP contribution in [0.2, 0.25) is 5.02 Å². The largest absolute Gasteiger partial charge is 0.464 e. The zero-order chi connectivity index (χ0) is 11.7. The van der Waals surface area contributed by atoms with E-state index in [1.165, 1.54) is 0 Å². The first-order valence-electron chi connectivity index (χ1n) is 5.49. The molecule has 16 heavy (non-hydrogen) atoms. The molecule has 0 saturated carbocycles. The van der Waals surface area contributed by atoms with Crippen molar-refractivity contribution in [1.82, 2.24) is 0 Å². The molecule has 0 bridgehead atoms. The van der Waals surface area contributed by atoms with Gasteiger partial charge in [-0.15, -0.1) is 0 Å². The smallest absolute Gasteiger partial charge is 0.135 e. The van der Waals surface area contributed by atoms with E-state index in [0.717, 1.165) is 28.0 Å². The molecule has 0 aliphatic carbocycles. The van der Waals surface area contributed by atoms with Gasteiger partial charge in [-0.3, -0.25) is 0 Å². The van der Waals surface area contributed by atoms with Gasteiger partial charge in [0.15, 0.2) is 0 Å². The summed E-state index contributed by atoms with van der Waals surface area (Å²) in [6, 6.07) is 5.98. The van der Waals surface area contributed by atoms with E-state index in [2.05, 4.69) is 13.8 Å². The topological polar surface area (TPSA) is 39.2 Å². The lowest BCUT2D eigenvalue weighted by Crippen LogP contribution is -2.28. The van der Waals surface area contributed by atoms with Gasteiger partial charge in [0, 0.05) is 11.4 Å². The van der Waals surface area contributed by atoms with Crippen molar-refractivity contribution in [3.05, 3.63) is 35.0 Å². The Labute approximate surface area is 100 Å². The van der Waals surface area contributed by atoms with Crippen LogP contribution in [0.3, 0.4) is 0 Å². The molecule has 0 spiro atoms. The molecule has 2 nitrogen and oxygen atoms in total. The summed E-state index contributed by atoms with van der Waals surface area (Å²) in [5.74, 6) is 0.455. The Balaban J connectivity index is 2.34. The molecule has 86 valence electrons. The third-order valence-corrected chi connectivity index (χ3v) is 3.41. The summed E-state index contributed by atoms with van der Waals surface area (Å²) in [6.45, 7) is 4.24. The molecule has 1 aromatic carbocycles. The molecule has 2 N–H and O–H groups in total. The summed E-state index contributed by atoms with van der Waals surface area (Å²) < 4.78 is 5.29. The summed E-state index contributed by atoms with van der Waals surface area (Å²) in [4.78, 5) is 0. The van der Waals surface area contributed by atoms with E-state index in [4.69, 9.17) is 21.8 Å². The minimum Gasteiger partial charge on any atom is -0.464 e. The average Bonchev–Trinajstić information content (AvgIpc) is 2.70. The van der Waals surface area contributed by atoms with E-state index in [1.54, 1.807) is 6.26 Å². The maximum Gasteiger partial charge on any atom is 0.135 e. The lowest BCUT2D eigenvalue weighted by molar-refractivity contribution is 0.491. The summed E-state index contributed by atoms with van der Waals surface area (Å²) >= 11 is 6.32. The molecular formula is C13H16ClNO. The van der Waals surface area contributed by atoms with Crippen LogP contribution in [0.15, 0.2) is 28.9 Å². The van der Waals surface area contributed by atoms with Crippen LogP contribution in [-0.2, 0) is 6.42 Å². The van der Waals surface area contributed by atoms with Gasteiger partial charge in [0.05, 0.1) is 11.3 Å². The van der Waals surface area contributed by atoms with Crippen molar-refractivity contribution < 1.29 is 4.42 Å². The number of benzene rings is 1. The molecule has 0 fully saturated rings. The minimum absolute atomic E-state index is 0.141. The second-order valence-corrected chi connectivity index (χ2v) is 4.86. The van der Waals surface area contributed by atoms with Crippen molar-refractivity contribution >= 4 is 22.6 Å². The molecule has 1 unspecified atom stereocenters. The van der Waals surface area contributed by atoms with E-state index in [0.29, 0.717) is 5.92 Å². The third-order valence-electron chi connectivity index (χ3n) is 2.96. The Hall–Kier alpha value is -0.990. The highest BCUT2D eigenvalue weighted by atomic mass is 35.5. The average molecular weight is 238 g/mol. The fourth-order valence-electron chi connectivity index (χ4n) is 1.70. The highest BCUT2D eigenvalue weighted by Gasteiger charge is 2.13. The molecule has 0 aliphatic heterocycles. The van der Waals surface area contributed by atoms with E-state index >= 15 is 0 Å². The molecule has 0 aliphatic rings. The Bertz CT molecular complexity index is 490. The van der Waals surface area contributed by atoms with E-state index in [-0.39, 0.29) is 6.04 Å². The maximum atomic E-state index is 6.32. The highest BCUT2D eigenvalue weighted by Crippen LogP contribution is 2.29. The summed E-state index contributed by atoms with van der Waals surface area (Å²) in [5.41, 5.74) is 7.97. The number of halogens is 1. The number of rotatable bonds is 3. The second kappa shape index (κ2) is 4.48. The predicted octanol–water partition coefficient (Wildman–Crippen LogP) is 3.61. The highest BCUT2D eigenvalue weighted by molar-refractivity contribution is 6.36. The molecule has 2 rings (SSSR count). The fraction of sp³-hybridized carbons (Fsp3) is 0.385. The van der Waals surface area contributed by atoms with Crippen molar-refractivity contribution in [2.24, 2.45) is 11.7 Å². The van der Waals surface area contributed by atoms with Gasteiger partial charge in [-0.05, 0) is 30.0 Å². The second-order valence-electron chi connectivity index (χ2n) is 4.48. The van der Waals surface area contributed by atoms with Crippen LogP contribution < -0.4 is 5.73 Å². The molecule has 1 heterocycles. The van der Waals surface area contributed by atoms with E-state index in [9.17, 15) is 0 Å². The Kier molecular flexibility index (Phi) is 3.22. The first-order valence-corrected chi connectivity index (χ1v) is 5.87. The molecule has 2 aromatic rings. The SMILES string of the molecule is CC(C)C(N)Cc1ccc2occc2c1Cl. The van der Waals surface area contributed by atoms with Gasteiger partial charge in [0.25, 0.3) is 0 Å². The molecule has 1 aromatic heterocycles. The van der Waals surface area contributed by atoms with Crippen molar-refractivity contribution in [1.29, 1.82) is 0 Å². The Morgan fingerprint density at radius 1 is 1.31 bits per heavy atom. The van der Waals surface area contributed by atoms with Crippen molar-refractivity contribution in [3.63, 3.8) is 0 Å². The summed E-state index contributed by atoms with van der Waals surface area (Å²) in [5, 5.41) is 1.73. The van der Waals surface area contributed by atoms with E-state index < -0.39 is 0 Å². The first-order chi connectivity index (χ1) is 7.59. The van der Waals surface area contributed by atoms with Gasteiger partial charge in [-0.25, -0.2) is 0 Å². The van der Waals surface area contributed by atoms with Crippen LogP contribution in [0.5, 0.6) is 0 Å². The predicted molar refractivity (Wildman–Crippen MR) is 67.7 cm³/mol. The number of nitrogens with two attached hydrogens (primary N) is 1. The molecule has 3 heteroatoms. The van der Waals surface area contributed by atoms with Crippen LogP contribution >= 0.6 is 11.6 Å². The minimum atomic E-state index is 0.141. The number of hydrogen-bond donors (Lipinski definition) is 1. The molecule has 0 amide bonds. The van der Waals surface area contributed by atoms with Crippen LogP contribution in [0, 0.1) is 5.92 Å². The summed E-state index contributed by atoms with van der Waals surface area (Å²) in [7, 11) is 0. The van der Waals surface area contributed by atoms with Gasteiger partial charge in [-0.2, -0.15) is 0 Å². The lowest BCUT2D eigenvalue weighted by atomic mass is 9.97. The first kappa shape index (κ1) is 11.5. The zero-order valence-corrected chi connectivity index (χ0v) is 10.3. The number of fused-ring (bicyclic) bond motifs is 1. The van der Waals surface area contributed by atoms with Gasteiger partial charge < -0.3 is 10.2 Å². The summed E-state index contributed by atoms with van der Waals surface area (Å²) in [6.07, 6.45) is 2.46. The van der Waals surface area contributed by atoms with Gasteiger partial charge >= 0.3 is 0 Å². The maximum absolute atomic E-state index is 6.32. The Morgan fingerprint density at radius 2 is 2.06 bits per heavy atom. The number of furan rings is 1. The lowest BCUT2D eigenvalue weighted by Gasteiger charge is -2.16. The van der Waals surface area contributed by atoms with Crippen molar-refractivity contribution in [2.45, 2.75) is 26.3 Å². The van der Waals surface area contributed by atoms with Gasteiger partial charge in [0.1, 0.15) is 5.58 Å². The molecule has 0 radical (unpaired) electrons. The third kappa shape index (κ3) is 2.08. The molecular weight excluding hydrogens is 222 g/mol. The standard InChI is InChI=1S/C13H16ClNO/c1-8(2)11(15)7-9-3-4-12-10(13(9)14)5-6-16-12/h3-6,8,11H,7,15H2,1-2H3. The van der Waals surface area contributed by atoms with Crippen LogP contribution in [0.1, 0.15) is 19.4 Å². The van der Waals surface area contributed by atoms with Gasteiger partial charge in [0.2, 0.25) is 0 Å². The van der Waals surface area contributed by atoms with Crippen LogP contribution in [0.4, 0.5) is 0 Å². The monoisotopic (exact) mass is 237 g/mol. The quantitative estimate of drug-likeness (QED) is 0.886. The Morgan fingerprint density at radius 3 is 2.75 bits per heavy atom.